The van der Waals surface area contributed by atoms with Crippen LogP contribution in [0.5, 0.6) is 11.5 Å². The van der Waals surface area contributed by atoms with Crippen LogP contribution in [0.1, 0.15) is 22.3 Å². The quantitative estimate of drug-likeness (QED) is 0.130. The number of fused-ring (bicyclic) bond motifs is 12. The van der Waals surface area contributed by atoms with E-state index in [1.54, 1.807) is 18.6 Å². The predicted molar refractivity (Wildman–Crippen MR) is 201 cm³/mol. The topological polar surface area (TPSA) is 82.5 Å². The third-order valence-corrected chi connectivity index (χ3v) is 9.92. The molecule has 10 aromatic rings. The summed E-state index contributed by atoms with van der Waals surface area (Å²) < 4.78 is 10.6. The molecule has 0 saturated heterocycles. The van der Waals surface area contributed by atoms with Crippen molar-refractivity contribution in [1.82, 2.24) is 33.7 Å². The standard InChI is InChI=1S/C43H29N7O.Pt/c1-24-7-5-8-25(2)37(24)35-16-15-32-30-13-11-28(21-33(30)41-47-23-36(50(41)42(32)48-35)38-26(3)9-6-10-27(38)4)51-29-12-14-31-34(22-29)40-46-19-20-49(40)43-39(31)44-17-18-45-43;/h5-20,23H,1-4H3;/q-2;+2. The van der Waals surface area contributed by atoms with Crippen LogP contribution in [0.3, 0.4) is 0 Å². The van der Waals surface area contributed by atoms with Crippen LogP contribution in [-0.4, -0.2) is 33.7 Å². The predicted octanol–water partition coefficient (Wildman–Crippen LogP) is 9.74. The van der Waals surface area contributed by atoms with Crippen LogP contribution in [0, 0.1) is 39.8 Å². The summed E-state index contributed by atoms with van der Waals surface area (Å²) in [6, 6.07) is 32.0. The van der Waals surface area contributed by atoms with E-state index < -0.39 is 0 Å². The average molecular weight is 855 g/mol. The second-order valence-electron chi connectivity index (χ2n) is 13.1. The SMILES string of the molecule is Cc1cccc(C)c1-c1ccc2c3ccc(Oc4[c-]c5c(cc4)c4nccnc4n4ccnc54)[c-]c3c3ncc(-c4c(C)cccc4C)n3c2n1.[Pt+2]. The fourth-order valence-electron chi connectivity index (χ4n) is 7.64. The Morgan fingerprint density at radius 2 is 1.17 bits per heavy atom. The second kappa shape index (κ2) is 12.1. The Morgan fingerprint density at radius 1 is 0.558 bits per heavy atom. The van der Waals surface area contributed by atoms with Gasteiger partial charge in [0.05, 0.1) is 28.2 Å². The Balaban J connectivity index is 0.00000360. The summed E-state index contributed by atoms with van der Waals surface area (Å²) in [5, 5.41) is 4.56. The monoisotopic (exact) mass is 854 g/mol. The zero-order valence-electron chi connectivity index (χ0n) is 28.7. The molecule has 4 aromatic carbocycles. The molecular weight excluding hydrogens is 826 g/mol. The molecule has 0 unspecified atom stereocenters. The summed E-state index contributed by atoms with van der Waals surface area (Å²) in [4.78, 5) is 24.2. The Kier molecular flexibility index (Phi) is 7.42. The third-order valence-electron chi connectivity index (χ3n) is 9.92. The number of aromatic nitrogens is 7. The van der Waals surface area contributed by atoms with Gasteiger partial charge in [0.25, 0.3) is 0 Å². The van der Waals surface area contributed by atoms with Gasteiger partial charge >= 0.3 is 21.1 Å². The van der Waals surface area contributed by atoms with Gasteiger partial charge in [-0.2, -0.15) is 0 Å². The van der Waals surface area contributed by atoms with Gasteiger partial charge in [0, 0.05) is 53.6 Å². The van der Waals surface area contributed by atoms with Gasteiger partial charge in [-0.1, -0.05) is 88.3 Å². The van der Waals surface area contributed by atoms with Crippen LogP contribution in [0.4, 0.5) is 0 Å². The van der Waals surface area contributed by atoms with E-state index in [1.165, 1.54) is 22.3 Å². The van der Waals surface area contributed by atoms with Crippen LogP contribution in [0.25, 0.3) is 77.6 Å². The van der Waals surface area contributed by atoms with Gasteiger partial charge in [-0.3, -0.25) is 15.0 Å². The van der Waals surface area contributed by atoms with Gasteiger partial charge in [0.1, 0.15) is 11.3 Å². The molecule has 0 N–H and O–H groups in total. The number of nitrogens with zero attached hydrogens (tertiary/aromatic N) is 7. The fraction of sp³-hybridized carbons (Fsp3) is 0.0930. The van der Waals surface area contributed by atoms with Crippen LogP contribution in [0.2, 0.25) is 0 Å². The molecule has 6 aromatic heterocycles. The summed E-state index contributed by atoms with van der Waals surface area (Å²) >= 11 is 0. The molecule has 52 heavy (non-hydrogen) atoms. The van der Waals surface area contributed by atoms with Crippen LogP contribution in [-0.2, 0) is 21.1 Å². The van der Waals surface area contributed by atoms with Gasteiger partial charge in [0.2, 0.25) is 0 Å². The normalized spacial score (nSPS) is 11.7. The largest absolute Gasteiger partial charge is 2.00 e. The fourth-order valence-corrected chi connectivity index (χ4v) is 7.64. The van der Waals surface area contributed by atoms with Crippen molar-refractivity contribution in [3.8, 4) is 34.0 Å². The van der Waals surface area contributed by atoms with E-state index in [2.05, 4.69) is 114 Å². The minimum absolute atomic E-state index is 0. The number of imidazole rings is 2. The Labute approximate surface area is 313 Å². The minimum Gasteiger partial charge on any atom is -0.497 e. The van der Waals surface area contributed by atoms with Crippen molar-refractivity contribution in [3.63, 3.8) is 0 Å². The second-order valence-corrected chi connectivity index (χ2v) is 13.1. The van der Waals surface area contributed by atoms with E-state index in [4.69, 9.17) is 14.7 Å². The number of hydrogen-bond donors (Lipinski definition) is 0. The van der Waals surface area contributed by atoms with E-state index in [0.717, 1.165) is 77.6 Å². The number of ether oxygens (including phenoxy) is 1. The van der Waals surface area contributed by atoms with Crippen LogP contribution >= 0.6 is 0 Å². The van der Waals surface area contributed by atoms with Gasteiger partial charge in [-0.15, -0.1) is 12.1 Å². The minimum atomic E-state index is 0. The molecule has 0 radical (unpaired) electrons. The smallest absolute Gasteiger partial charge is 0.497 e. The third kappa shape index (κ3) is 4.75. The van der Waals surface area contributed by atoms with Crippen molar-refractivity contribution in [2.45, 2.75) is 27.7 Å². The molecule has 0 aliphatic heterocycles. The molecular formula is C43H29N7OPt. The maximum Gasteiger partial charge on any atom is 2.00 e. The first kappa shape index (κ1) is 32.0. The molecule has 8 nitrogen and oxygen atoms in total. The van der Waals surface area contributed by atoms with Crippen molar-refractivity contribution < 1.29 is 25.8 Å². The van der Waals surface area contributed by atoms with Crippen LogP contribution < -0.4 is 4.74 Å². The Hall–Kier alpha value is -5.98. The number of rotatable bonds is 4. The molecule has 0 atom stereocenters. The number of hydrogen-bond acceptors (Lipinski definition) is 6. The molecule has 9 heteroatoms. The van der Waals surface area contributed by atoms with Gasteiger partial charge in [-0.25, -0.2) is 9.97 Å². The molecule has 0 aliphatic carbocycles. The van der Waals surface area contributed by atoms with E-state index in [-0.39, 0.29) is 21.1 Å². The van der Waals surface area contributed by atoms with Crippen LogP contribution in [0.15, 0.2) is 104 Å². The first-order valence-electron chi connectivity index (χ1n) is 16.8. The molecule has 0 spiro atoms. The number of benzene rings is 4. The first-order chi connectivity index (χ1) is 24.9. The van der Waals surface area contributed by atoms with Crippen molar-refractivity contribution in [3.05, 3.63) is 138 Å². The Bertz CT molecular complexity index is 3030. The van der Waals surface area contributed by atoms with Crippen molar-refractivity contribution in [2.75, 3.05) is 0 Å². The van der Waals surface area contributed by atoms with Crippen molar-refractivity contribution >= 4 is 55.0 Å². The molecule has 0 aliphatic rings. The molecule has 0 fully saturated rings. The maximum absolute atomic E-state index is 6.49. The number of aryl methyl sites for hydroxylation is 4. The number of pyridine rings is 3. The summed E-state index contributed by atoms with van der Waals surface area (Å²) in [7, 11) is 0. The zero-order valence-corrected chi connectivity index (χ0v) is 30.9. The average Bonchev–Trinajstić information content (AvgIpc) is 3.81. The molecule has 0 amide bonds. The van der Waals surface area contributed by atoms with E-state index in [9.17, 15) is 0 Å². The molecule has 6 heterocycles. The zero-order chi connectivity index (χ0) is 34.4. The Morgan fingerprint density at radius 3 is 1.90 bits per heavy atom. The van der Waals surface area contributed by atoms with E-state index in [0.29, 0.717) is 11.5 Å². The van der Waals surface area contributed by atoms with E-state index in [1.807, 2.05) is 35.0 Å². The summed E-state index contributed by atoms with van der Waals surface area (Å²) in [5.74, 6) is 1.10. The van der Waals surface area contributed by atoms with E-state index >= 15 is 0 Å². The molecule has 0 saturated carbocycles. The maximum atomic E-state index is 6.49. The molecule has 252 valence electrons. The summed E-state index contributed by atoms with van der Waals surface area (Å²) in [6.07, 6.45) is 8.99. The molecule has 10 rings (SSSR count). The van der Waals surface area contributed by atoms with Crippen molar-refractivity contribution in [1.29, 1.82) is 0 Å². The van der Waals surface area contributed by atoms with Crippen molar-refractivity contribution in [2.24, 2.45) is 0 Å². The molecule has 0 bridgehead atoms. The first-order valence-corrected chi connectivity index (χ1v) is 16.8. The summed E-state index contributed by atoms with van der Waals surface area (Å²) in [5.41, 5.74) is 12.8. The van der Waals surface area contributed by atoms with Gasteiger partial charge in [0.15, 0.2) is 0 Å². The van der Waals surface area contributed by atoms with Gasteiger partial charge in [-0.05, 0) is 61.4 Å². The van der Waals surface area contributed by atoms with Gasteiger partial charge < -0.3 is 13.5 Å². The summed E-state index contributed by atoms with van der Waals surface area (Å²) in [6.45, 7) is 8.57.